The Kier molecular flexibility index (Phi) is 9.41. The van der Waals surface area contributed by atoms with E-state index in [9.17, 15) is 24.9 Å². The van der Waals surface area contributed by atoms with Crippen molar-refractivity contribution in [3.05, 3.63) is 10.6 Å². The molecule has 7 atom stereocenters. The Morgan fingerprint density at radius 1 is 1.41 bits per heavy atom. The van der Waals surface area contributed by atoms with Gasteiger partial charge in [0.05, 0.1) is 24.2 Å². The molecule has 0 bridgehead atoms. The lowest BCUT2D eigenvalue weighted by atomic mass is 9.79. The fourth-order valence-corrected chi connectivity index (χ4v) is 5.96. The van der Waals surface area contributed by atoms with Crippen LogP contribution in [-0.2, 0) is 9.59 Å². The summed E-state index contributed by atoms with van der Waals surface area (Å²) in [6, 6.07) is -0.289. The molecule has 9 nitrogen and oxygen atoms in total. The summed E-state index contributed by atoms with van der Waals surface area (Å²) in [7, 11) is 1.85. The predicted octanol–water partition coefficient (Wildman–Crippen LogP) is -0.829. The minimum absolute atomic E-state index is 0. The molecule has 3 rings (SSSR count). The van der Waals surface area contributed by atoms with Crippen LogP contribution in [0.25, 0.3) is 0 Å². The van der Waals surface area contributed by atoms with Crippen LogP contribution in [-0.4, -0.2) is 87.3 Å². The van der Waals surface area contributed by atoms with Crippen molar-refractivity contribution in [2.45, 2.75) is 56.2 Å². The SMILES string of the molecule is CNCC[C@@H](O)C1C[C@H](SC2=C(C(=O)O)N3C(=O)[C@H]([C@@H](C)O)[C@H]3[C@H]2C)CN1.Cl.O. The van der Waals surface area contributed by atoms with Crippen LogP contribution < -0.4 is 10.6 Å². The Balaban J connectivity index is 0.00000210. The van der Waals surface area contributed by atoms with E-state index >= 15 is 0 Å². The molecule has 168 valence electrons. The second kappa shape index (κ2) is 10.4. The molecule has 0 aromatic carbocycles. The van der Waals surface area contributed by atoms with Crippen molar-refractivity contribution in [3.63, 3.8) is 0 Å². The number of carbonyl (C=O) groups excluding carboxylic acids is 1. The summed E-state index contributed by atoms with van der Waals surface area (Å²) < 4.78 is 0. The van der Waals surface area contributed by atoms with Crippen molar-refractivity contribution in [2.24, 2.45) is 11.8 Å². The average Bonchev–Trinajstić information content (AvgIpc) is 3.15. The van der Waals surface area contributed by atoms with Gasteiger partial charge in [-0.15, -0.1) is 24.2 Å². The minimum Gasteiger partial charge on any atom is -0.477 e. The summed E-state index contributed by atoms with van der Waals surface area (Å²) in [5, 5.41) is 36.4. The second-order valence-corrected chi connectivity index (χ2v) is 9.06. The highest BCUT2D eigenvalue weighted by Gasteiger charge is 2.60. The molecule has 2 fully saturated rings. The smallest absolute Gasteiger partial charge is 0.353 e. The third-order valence-electron chi connectivity index (χ3n) is 5.88. The molecule has 0 aromatic heterocycles. The zero-order valence-electron chi connectivity index (χ0n) is 16.8. The van der Waals surface area contributed by atoms with Crippen molar-refractivity contribution in [3.8, 4) is 0 Å². The van der Waals surface area contributed by atoms with Gasteiger partial charge in [-0.2, -0.15) is 0 Å². The fourth-order valence-electron chi connectivity index (χ4n) is 4.47. The number of halogens is 1. The van der Waals surface area contributed by atoms with E-state index in [1.165, 1.54) is 16.7 Å². The highest BCUT2D eigenvalue weighted by molar-refractivity contribution is 8.03. The third kappa shape index (κ3) is 4.73. The lowest BCUT2D eigenvalue weighted by molar-refractivity contribution is -0.163. The van der Waals surface area contributed by atoms with Gasteiger partial charge in [0.15, 0.2) is 0 Å². The highest BCUT2D eigenvalue weighted by atomic mass is 35.5. The van der Waals surface area contributed by atoms with Crippen molar-refractivity contribution < 1.29 is 30.4 Å². The summed E-state index contributed by atoms with van der Waals surface area (Å²) in [6.07, 6.45) is 0.168. The molecule has 0 aromatic rings. The van der Waals surface area contributed by atoms with Crippen molar-refractivity contribution in [1.82, 2.24) is 15.5 Å². The molecule has 7 N–H and O–H groups in total. The molecule has 1 amide bonds. The number of carboxylic acids is 1. The lowest BCUT2D eigenvalue weighted by Crippen LogP contribution is -2.63. The number of fused-ring (bicyclic) bond motifs is 1. The molecule has 3 heterocycles. The largest absolute Gasteiger partial charge is 0.477 e. The summed E-state index contributed by atoms with van der Waals surface area (Å²) in [6.45, 7) is 4.94. The fraction of sp³-hybridized carbons (Fsp3) is 0.778. The van der Waals surface area contributed by atoms with Gasteiger partial charge in [-0.05, 0) is 33.4 Å². The second-order valence-electron chi connectivity index (χ2n) is 7.72. The first-order chi connectivity index (χ1) is 12.8. The van der Waals surface area contributed by atoms with Crippen LogP contribution >= 0.6 is 24.2 Å². The number of carbonyl (C=O) groups is 2. The number of amides is 1. The molecular weight excluding hydrogens is 422 g/mol. The number of hydrogen-bond donors (Lipinski definition) is 5. The Labute approximate surface area is 181 Å². The Morgan fingerprint density at radius 2 is 2.07 bits per heavy atom. The van der Waals surface area contributed by atoms with Crippen LogP contribution in [0.3, 0.4) is 0 Å². The number of nitrogens with one attached hydrogen (secondary N) is 2. The van der Waals surface area contributed by atoms with Gasteiger partial charge >= 0.3 is 5.97 Å². The monoisotopic (exact) mass is 453 g/mol. The third-order valence-corrected chi connectivity index (χ3v) is 7.40. The van der Waals surface area contributed by atoms with Gasteiger partial charge in [0.1, 0.15) is 5.70 Å². The molecular formula is C18H32ClN3O6S. The zero-order chi connectivity index (χ0) is 19.9. The summed E-state index contributed by atoms with van der Waals surface area (Å²) in [4.78, 5) is 26.3. The van der Waals surface area contributed by atoms with Crippen molar-refractivity contribution >= 4 is 36.0 Å². The molecule has 0 saturated carbocycles. The van der Waals surface area contributed by atoms with Gasteiger partial charge in [-0.1, -0.05) is 6.92 Å². The van der Waals surface area contributed by atoms with E-state index in [0.29, 0.717) is 17.9 Å². The molecule has 3 aliphatic rings. The van der Waals surface area contributed by atoms with Gasteiger partial charge in [0, 0.05) is 28.7 Å². The molecule has 0 radical (unpaired) electrons. The van der Waals surface area contributed by atoms with Gasteiger partial charge in [0.2, 0.25) is 5.91 Å². The summed E-state index contributed by atoms with van der Waals surface area (Å²) in [5.41, 5.74) is 0.0681. The van der Waals surface area contributed by atoms with Crippen molar-refractivity contribution in [2.75, 3.05) is 20.1 Å². The molecule has 0 spiro atoms. The molecule has 1 unspecified atom stereocenters. The normalized spacial score (nSPS) is 32.8. The molecule has 11 heteroatoms. The van der Waals surface area contributed by atoms with Crippen LogP contribution in [0.4, 0.5) is 0 Å². The Morgan fingerprint density at radius 3 is 2.62 bits per heavy atom. The van der Waals surface area contributed by atoms with Gasteiger partial charge in [-0.3, -0.25) is 4.79 Å². The number of β-lactam (4-membered cyclic amide) rings is 1. The van der Waals surface area contributed by atoms with Crippen LogP contribution in [0.15, 0.2) is 10.6 Å². The first kappa shape index (κ1) is 26.2. The summed E-state index contributed by atoms with van der Waals surface area (Å²) >= 11 is 1.50. The predicted molar refractivity (Wildman–Crippen MR) is 113 cm³/mol. The number of aliphatic hydroxyl groups is 2. The quantitative estimate of drug-likeness (QED) is 0.298. The summed E-state index contributed by atoms with van der Waals surface area (Å²) in [5.74, 6) is -2.06. The van der Waals surface area contributed by atoms with E-state index in [4.69, 9.17) is 0 Å². The number of thioether (sulfide) groups is 1. The van der Waals surface area contributed by atoms with Crippen LogP contribution in [0.1, 0.15) is 26.7 Å². The van der Waals surface area contributed by atoms with E-state index in [2.05, 4.69) is 10.6 Å². The lowest BCUT2D eigenvalue weighted by Gasteiger charge is -2.46. The minimum atomic E-state index is -1.10. The van der Waals surface area contributed by atoms with Crippen LogP contribution in [0.5, 0.6) is 0 Å². The molecule has 2 saturated heterocycles. The van der Waals surface area contributed by atoms with Gasteiger partial charge in [0.25, 0.3) is 0 Å². The maximum absolute atomic E-state index is 12.4. The number of aliphatic hydroxyl groups excluding tert-OH is 2. The number of carboxylic acid groups (broad SMARTS) is 1. The van der Waals surface area contributed by atoms with Gasteiger partial charge in [-0.25, -0.2) is 4.79 Å². The number of hydrogen-bond acceptors (Lipinski definition) is 7. The van der Waals surface area contributed by atoms with Gasteiger partial charge < -0.3 is 36.3 Å². The van der Waals surface area contributed by atoms with E-state index in [1.807, 2.05) is 14.0 Å². The van der Waals surface area contributed by atoms with Crippen LogP contribution in [0.2, 0.25) is 0 Å². The average molecular weight is 454 g/mol. The Bertz CT molecular complexity index is 649. The number of rotatable bonds is 8. The molecule has 3 aliphatic heterocycles. The maximum atomic E-state index is 12.4. The highest BCUT2D eigenvalue weighted by Crippen LogP contribution is 2.51. The standard InChI is InChI=1S/C18H29N3O5S.ClH.H2O/c1-8-14-13(9(2)22)17(24)21(14)15(18(25)26)16(8)27-10-6-11(20-7-10)12(23)4-5-19-3;;/h8-14,19-20,22-23H,4-7H2,1-3H3,(H,25,26);1H;1H2/t8-,9-,10+,11?,12-,13-,14-;;/m1../s1. The first-order valence-corrected chi connectivity index (χ1v) is 10.4. The van der Waals surface area contributed by atoms with E-state index < -0.39 is 24.1 Å². The van der Waals surface area contributed by atoms with E-state index in [1.54, 1.807) is 6.92 Å². The molecule has 29 heavy (non-hydrogen) atoms. The first-order valence-electron chi connectivity index (χ1n) is 9.49. The topological polar surface area (TPSA) is 154 Å². The maximum Gasteiger partial charge on any atom is 0.353 e. The van der Waals surface area contributed by atoms with E-state index in [0.717, 1.165) is 13.0 Å². The zero-order valence-corrected chi connectivity index (χ0v) is 18.4. The Hall–Kier alpha value is -0.880. The van der Waals surface area contributed by atoms with Crippen LogP contribution in [0, 0.1) is 11.8 Å². The number of aliphatic carboxylic acids is 1. The number of nitrogens with zero attached hydrogens (tertiary/aromatic N) is 1. The van der Waals surface area contributed by atoms with E-state index in [-0.39, 0.29) is 52.7 Å². The van der Waals surface area contributed by atoms with Crippen molar-refractivity contribution in [1.29, 1.82) is 0 Å². The molecule has 0 aliphatic carbocycles.